The number of hydrogen-bond donors (Lipinski definition) is 0. The molecule has 3 heterocycles. The molecule has 4 rings (SSSR count). The Balaban J connectivity index is 1.65. The number of Topliss-reactive ketones (excluding diaryl/α,β-unsaturated/α-hetero) is 1. The molecule has 1 aliphatic heterocycles. The van der Waals surface area contributed by atoms with Crippen LogP contribution >= 0.6 is 11.3 Å². The second-order valence-electron chi connectivity index (χ2n) is 4.83. The summed E-state index contributed by atoms with van der Waals surface area (Å²) in [6.07, 6.45) is 0. The molecule has 0 fully saturated rings. The first-order valence-corrected chi connectivity index (χ1v) is 7.63. The normalized spacial score (nSPS) is 12.5. The van der Waals surface area contributed by atoms with Gasteiger partial charge in [-0.2, -0.15) is 0 Å². The van der Waals surface area contributed by atoms with Crippen LogP contribution in [0.5, 0.6) is 11.5 Å². The molecule has 23 heavy (non-hydrogen) atoms. The van der Waals surface area contributed by atoms with Gasteiger partial charge in [0.1, 0.15) is 0 Å². The Morgan fingerprint density at radius 1 is 1.26 bits per heavy atom. The summed E-state index contributed by atoms with van der Waals surface area (Å²) < 4.78 is 16.4. The Bertz CT molecular complexity index is 926. The number of rotatable bonds is 4. The van der Waals surface area contributed by atoms with Gasteiger partial charge in [-0.1, -0.05) is 11.2 Å². The van der Waals surface area contributed by atoms with Crippen molar-refractivity contribution in [3.05, 3.63) is 51.8 Å². The van der Waals surface area contributed by atoms with Gasteiger partial charge in [-0.3, -0.25) is 9.32 Å². The van der Waals surface area contributed by atoms with Crippen LogP contribution in [0.2, 0.25) is 0 Å². The Labute approximate surface area is 133 Å². The summed E-state index contributed by atoms with van der Waals surface area (Å²) in [6, 6.07) is 8.56. The van der Waals surface area contributed by atoms with Crippen molar-refractivity contribution < 1.29 is 18.8 Å². The number of benzene rings is 1. The molecule has 0 N–H and O–H groups in total. The van der Waals surface area contributed by atoms with Gasteiger partial charge in [0.25, 0.3) is 0 Å². The third kappa shape index (κ3) is 2.42. The average molecular weight is 330 g/mol. The maximum absolute atomic E-state index is 12.5. The van der Waals surface area contributed by atoms with Crippen molar-refractivity contribution in [2.75, 3.05) is 6.79 Å². The van der Waals surface area contributed by atoms with Crippen LogP contribution in [0.4, 0.5) is 0 Å². The van der Waals surface area contributed by atoms with E-state index < -0.39 is 5.76 Å². The molecular weight excluding hydrogens is 320 g/mol. The van der Waals surface area contributed by atoms with Gasteiger partial charge in [0.2, 0.25) is 6.79 Å². The highest BCUT2D eigenvalue weighted by atomic mass is 32.1. The quantitative estimate of drug-likeness (QED) is 0.682. The second kappa shape index (κ2) is 5.40. The van der Waals surface area contributed by atoms with Crippen LogP contribution < -0.4 is 15.2 Å². The van der Waals surface area contributed by atoms with Crippen molar-refractivity contribution in [2.45, 2.75) is 6.54 Å². The van der Waals surface area contributed by atoms with Crippen molar-refractivity contribution in [2.24, 2.45) is 0 Å². The lowest BCUT2D eigenvalue weighted by Gasteiger charge is -2.04. The SMILES string of the molecule is O=C(Cn1c(-c2cccs2)noc1=O)c1ccc2c(c1)OCO2. The Kier molecular flexibility index (Phi) is 3.23. The van der Waals surface area contributed by atoms with Crippen LogP contribution in [0.3, 0.4) is 0 Å². The van der Waals surface area contributed by atoms with Gasteiger partial charge >= 0.3 is 5.76 Å². The maximum Gasteiger partial charge on any atom is 0.442 e. The summed E-state index contributed by atoms with van der Waals surface area (Å²) in [7, 11) is 0. The number of fused-ring (bicyclic) bond motifs is 1. The number of carbonyl (C=O) groups excluding carboxylic acids is 1. The standard InChI is InChI=1S/C15H10N2O5S/c18-10(9-3-4-11-12(6-9)21-8-20-11)7-17-14(16-22-15(17)19)13-2-1-5-23-13/h1-6H,7-8H2. The van der Waals surface area contributed by atoms with E-state index in [1.165, 1.54) is 15.9 Å². The summed E-state index contributed by atoms with van der Waals surface area (Å²) in [5.74, 6) is 0.558. The third-order valence-electron chi connectivity index (χ3n) is 3.42. The number of nitrogens with zero attached hydrogens (tertiary/aromatic N) is 2. The minimum Gasteiger partial charge on any atom is -0.454 e. The summed E-state index contributed by atoms with van der Waals surface area (Å²) >= 11 is 1.41. The highest BCUT2D eigenvalue weighted by Crippen LogP contribution is 2.32. The molecular formula is C15H10N2O5S. The number of ketones is 1. The van der Waals surface area contributed by atoms with E-state index in [2.05, 4.69) is 5.16 Å². The number of ether oxygens (including phenoxy) is 2. The number of carbonyl (C=O) groups is 1. The molecule has 0 aliphatic carbocycles. The lowest BCUT2D eigenvalue weighted by Crippen LogP contribution is -2.21. The van der Waals surface area contributed by atoms with E-state index in [9.17, 15) is 9.59 Å². The lowest BCUT2D eigenvalue weighted by molar-refractivity contribution is 0.0969. The zero-order chi connectivity index (χ0) is 15.8. The van der Waals surface area contributed by atoms with Crippen LogP contribution in [-0.2, 0) is 6.54 Å². The molecule has 0 spiro atoms. The van der Waals surface area contributed by atoms with E-state index in [0.717, 1.165) is 4.88 Å². The van der Waals surface area contributed by atoms with Crippen molar-refractivity contribution >= 4 is 17.1 Å². The molecule has 1 aliphatic rings. The highest BCUT2D eigenvalue weighted by molar-refractivity contribution is 7.13. The van der Waals surface area contributed by atoms with E-state index in [4.69, 9.17) is 14.0 Å². The fraction of sp³-hybridized carbons (Fsp3) is 0.133. The molecule has 7 nitrogen and oxygen atoms in total. The molecule has 0 amide bonds. The van der Waals surface area contributed by atoms with Crippen molar-refractivity contribution in [3.8, 4) is 22.2 Å². The number of thiophene rings is 1. The average Bonchev–Trinajstić information content (AvgIpc) is 3.28. The van der Waals surface area contributed by atoms with E-state index in [0.29, 0.717) is 22.9 Å². The first-order chi connectivity index (χ1) is 11.2. The van der Waals surface area contributed by atoms with E-state index in [1.54, 1.807) is 18.2 Å². The second-order valence-corrected chi connectivity index (χ2v) is 5.77. The Morgan fingerprint density at radius 3 is 2.96 bits per heavy atom. The monoisotopic (exact) mass is 330 g/mol. The van der Waals surface area contributed by atoms with Crippen molar-refractivity contribution in [1.29, 1.82) is 0 Å². The zero-order valence-corrected chi connectivity index (χ0v) is 12.5. The van der Waals surface area contributed by atoms with E-state index >= 15 is 0 Å². The smallest absolute Gasteiger partial charge is 0.442 e. The molecule has 0 unspecified atom stereocenters. The predicted molar refractivity (Wildman–Crippen MR) is 81.0 cm³/mol. The van der Waals surface area contributed by atoms with Crippen LogP contribution in [0, 0.1) is 0 Å². The molecule has 0 saturated carbocycles. The van der Waals surface area contributed by atoms with Crippen LogP contribution in [-0.4, -0.2) is 22.3 Å². The van der Waals surface area contributed by atoms with Gasteiger partial charge < -0.3 is 9.47 Å². The molecule has 0 saturated heterocycles. The summed E-state index contributed by atoms with van der Waals surface area (Å²) in [4.78, 5) is 25.1. The van der Waals surface area contributed by atoms with Gasteiger partial charge in [-0.25, -0.2) is 9.36 Å². The maximum atomic E-state index is 12.5. The van der Waals surface area contributed by atoms with E-state index in [-0.39, 0.29) is 19.1 Å². The largest absolute Gasteiger partial charge is 0.454 e. The fourth-order valence-electron chi connectivity index (χ4n) is 2.30. The Hall–Kier alpha value is -2.87. The molecule has 0 atom stereocenters. The zero-order valence-electron chi connectivity index (χ0n) is 11.7. The lowest BCUT2D eigenvalue weighted by atomic mass is 10.1. The van der Waals surface area contributed by atoms with Gasteiger partial charge in [0.05, 0.1) is 11.4 Å². The molecule has 2 aromatic heterocycles. The van der Waals surface area contributed by atoms with Crippen LogP contribution in [0.25, 0.3) is 10.7 Å². The van der Waals surface area contributed by atoms with Crippen molar-refractivity contribution in [1.82, 2.24) is 9.72 Å². The summed E-state index contributed by atoms with van der Waals surface area (Å²) in [5.41, 5.74) is 0.430. The predicted octanol–water partition coefficient (Wildman–Crippen LogP) is 2.18. The fourth-order valence-corrected chi connectivity index (χ4v) is 3.01. The van der Waals surface area contributed by atoms with Gasteiger partial charge in [0, 0.05) is 5.56 Å². The minimum atomic E-state index is -0.664. The minimum absolute atomic E-state index is 0.139. The molecule has 0 radical (unpaired) electrons. The van der Waals surface area contributed by atoms with Crippen LogP contribution in [0.15, 0.2) is 45.0 Å². The topological polar surface area (TPSA) is 83.6 Å². The molecule has 1 aromatic carbocycles. The molecule has 116 valence electrons. The Morgan fingerprint density at radius 2 is 2.13 bits per heavy atom. The van der Waals surface area contributed by atoms with Gasteiger partial charge in [-0.15, -0.1) is 11.3 Å². The van der Waals surface area contributed by atoms with Crippen LogP contribution in [0.1, 0.15) is 10.4 Å². The molecule has 0 bridgehead atoms. The van der Waals surface area contributed by atoms with E-state index in [1.807, 2.05) is 17.5 Å². The highest BCUT2D eigenvalue weighted by Gasteiger charge is 2.20. The molecule has 3 aromatic rings. The molecule has 8 heteroatoms. The van der Waals surface area contributed by atoms with Gasteiger partial charge in [0.15, 0.2) is 23.1 Å². The first-order valence-electron chi connectivity index (χ1n) is 6.75. The third-order valence-corrected chi connectivity index (χ3v) is 4.29. The number of hydrogen-bond acceptors (Lipinski definition) is 7. The summed E-state index contributed by atoms with van der Waals surface area (Å²) in [6.45, 7) is -0.0180. The van der Waals surface area contributed by atoms with Gasteiger partial charge in [-0.05, 0) is 29.6 Å². The first kappa shape index (κ1) is 13.8. The van der Waals surface area contributed by atoms with Crippen molar-refractivity contribution in [3.63, 3.8) is 0 Å². The summed E-state index contributed by atoms with van der Waals surface area (Å²) in [5, 5.41) is 5.61. The number of aromatic nitrogens is 2.